The zero-order valence-corrected chi connectivity index (χ0v) is 9.75. The quantitative estimate of drug-likeness (QED) is 0.857. The molecule has 0 atom stereocenters. The smallest absolute Gasteiger partial charge is 0.336 e. The minimum absolute atomic E-state index is 0.0297. The molecule has 0 heterocycles. The van der Waals surface area contributed by atoms with Gasteiger partial charge >= 0.3 is 11.9 Å². The van der Waals surface area contributed by atoms with Gasteiger partial charge in [0, 0.05) is 5.92 Å². The van der Waals surface area contributed by atoms with Gasteiger partial charge in [0.15, 0.2) is 0 Å². The fourth-order valence-electron chi connectivity index (χ4n) is 2.17. The lowest BCUT2D eigenvalue weighted by atomic mass is 9.90. The first-order valence-corrected chi connectivity index (χ1v) is 5.47. The molecule has 0 bridgehead atoms. The van der Waals surface area contributed by atoms with Crippen molar-refractivity contribution >= 4 is 11.9 Å². The summed E-state index contributed by atoms with van der Waals surface area (Å²) in [4.78, 5) is 22.3. The number of carbonyl (C=O) groups is 2. The van der Waals surface area contributed by atoms with Crippen LogP contribution in [0.3, 0.4) is 0 Å². The lowest BCUT2D eigenvalue weighted by molar-refractivity contribution is 0.0695. The predicted molar refractivity (Wildman–Crippen MR) is 66.1 cm³/mol. The van der Waals surface area contributed by atoms with E-state index >= 15 is 0 Å². The first kappa shape index (κ1) is 12.1. The summed E-state index contributed by atoms with van der Waals surface area (Å²) >= 11 is 0. The molecule has 4 heteroatoms. The van der Waals surface area contributed by atoms with Crippen molar-refractivity contribution in [3.8, 4) is 0 Å². The Labute approximate surface area is 104 Å². The molecular formula is C14H12O4. The largest absolute Gasteiger partial charge is 0.478 e. The lowest BCUT2D eigenvalue weighted by Crippen LogP contribution is -2.11. The van der Waals surface area contributed by atoms with E-state index in [0.29, 0.717) is 11.1 Å². The van der Waals surface area contributed by atoms with Crippen LogP contribution in [-0.4, -0.2) is 22.2 Å². The van der Waals surface area contributed by atoms with E-state index in [9.17, 15) is 14.7 Å². The van der Waals surface area contributed by atoms with Crippen LogP contribution in [0.5, 0.6) is 0 Å². The van der Waals surface area contributed by atoms with Crippen LogP contribution >= 0.6 is 0 Å². The second-order valence-corrected chi connectivity index (χ2v) is 4.11. The third-order valence-corrected chi connectivity index (χ3v) is 3.05. The van der Waals surface area contributed by atoms with E-state index in [2.05, 4.69) is 0 Å². The van der Waals surface area contributed by atoms with Crippen LogP contribution in [0.2, 0.25) is 0 Å². The number of carboxylic acids is 2. The van der Waals surface area contributed by atoms with Crippen molar-refractivity contribution in [2.24, 2.45) is 0 Å². The fourth-order valence-corrected chi connectivity index (χ4v) is 2.17. The summed E-state index contributed by atoms with van der Waals surface area (Å²) in [5.41, 5.74) is 1.02. The molecule has 0 unspecified atom stereocenters. The molecular weight excluding hydrogens is 232 g/mol. The Kier molecular flexibility index (Phi) is 3.02. The van der Waals surface area contributed by atoms with Gasteiger partial charge in [0.05, 0.1) is 11.1 Å². The molecule has 1 aliphatic carbocycles. The van der Waals surface area contributed by atoms with Crippen molar-refractivity contribution in [2.45, 2.75) is 12.8 Å². The van der Waals surface area contributed by atoms with E-state index in [1.807, 2.05) is 24.3 Å². The highest BCUT2D eigenvalue weighted by Crippen LogP contribution is 2.29. The summed E-state index contributed by atoms with van der Waals surface area (Å²) in [5, 5.41) is 18.3. The SMILES string of the molecule is Cc1c(C(=O)O)ccc(C2C=CC=C2)c1C(=O)O. The number of hydrogen-bond acceptors (Lipinski definition) is 2. The summed E-state index contributed by atoms with van der Waals surface area (Å²) < 4.78 is 0. The van der Waals surface area contributed by atoms with Crippen LogP contribution in [0.1, 0.15) is 37.8 Å². The van der Waals surface area contributed by atoms with Crippen LogP contribution in [0.25, 0.3) is 0 Å². The molecule has 1 aromatic rings. The standard InChI is InChI=1S/C14H12O4/c1-8-10(13(15)16)6-7-11(12(8)14(17)18)9-4-2-3-5-9/h2-7,9H,1H3,(H,15,16)(H,17,18). The van der Waals surface area contributed by atoms with Crippen LogP contribution < -0.4 is 0 Å². The first-order chi connectivity index (χ1) is 8.52. The second kappa shape index (κ2) is 4.49. The third-order valence-electron chi connectivity index (χ3n) is 3.05. The van der Waals surface area contributed by atoms with E-state index in [4.69, 9.17) is 5.11 Å². The highest BCUT2D eigenvalue weighted by Gasteiger charge is 2.22. The first-order valence-electron chi connectivity index (χ1n) is 5.47. The highest BCUT2D eigenvalue weighted by atomic mass is 16.4. The summed E-state index contributed by atoms with van der Waals surface area (Å²) in [6.07, 6.45) is 7.44. The lowest BCUT2D eigenvalue weighted by Gasteiger charge is -2.14. The molecule has 2 rings (SSSR count). The zero-order chi connectivity index (χ0) is 13.3. The van der Waals surface area contributed by atoms with Gasteiger partial charge in [0.25, 0.3) is 0 Å². The maximum atomic E-state index is 11.3. The number of aromatic carboxylic acids is 2. The van der Waals surface area contributed by atoms with E-state index in [1.165, 1.54) is 13.0 Å². The van der Waals surface area contributed by atoms with Gasteiger partial charge in [-0.2, -0.15) is 0 Å². The number of rotatable bonds is 3. The molecule has 4 nitrogen and oxygen atoms in total. The van der Waals surface area contributed by atoms with Crippen LogP contribution in [-0.2, 0) is 0 Å². The molecule has 0 radical (unpaired) electrons. The molecule has 18 heavy (non-hydrogen) atoms. The van der Waals surface area contributed by atoms with Crippen LogP contribution in [0.4, 0.5) is 0 Å². The number of benzene rings is 1. The fraction of sp³-hybridized carbons (Fsp3) is 0.143. The van der Waals surface area contributed by atoms with Gasteiger partial charge < -0.3 is 10.2 Å². The Balaban J connectivity index is 2.64. The minimum Gasteiger partial charge on any atom is -0.478 e. The molecule has 0 amide bonds. The summed E-state index contributed by atoms with van der Waals surface area (Å²) in [5.74, 6) is -2.31. The van der Waals surface area contributed by atoms with Gasteiger partial charge in [0.1, 0.15) is 0 Å². The zero-order valence-electron chi connectivity index (χ0n) is 9.75. The Morgan fingerprint density at radius 1 is 1.06 bits per heavy atom. The third kappa shape index (κ3) is 1.93. The maximum absolute atomic E-state index is 11.3. The number of hydrogen-bond donors (Lipinski definition) is 2. The van der Waals surface area contributed by atoms with Crippen LogP contribution in [0, 0.1) is 6.92 Å². The van der Waals surface area contributed by atoms with Gasteiger partial charge in [-0.25, -0.2) is 9.59 Å². The van der Waals surface area contributed by atoms with Gasteiger partial charge in [-0.05, 0) is 24.1 Å². The van der Waals surface area contributed by atoms with Gasteiger partial charge in [-0.3, -0.25) is 0 Å². The van der Waals surface area contributed by atoms with Gasteiger partial charge in [0.2, 0.25) is 0 Å². The minimum atomic E-state index is -1.11. The van der Waals surface area contributed by atoms with Crippen molar-refractivity contribution in [2.75, 3.05) is 0 Å². The molecule has 92 valence electrons. The van der Waals surface area contributed by atoms with Gasteiger partial charge in [-0.1, -0.05) is 30.4 Å². The molecule has 2 N–H and O–H groups in total. The Morgan fingerprint density at radius 2 is 1.67 bits per heavy atom. The average molecular weight is 244 g/mol. The molecule has 0 saturated heterocycles. The average Bonchev–Trinajstić information content (AvgIpc) is 2.80. The normalized spacial score (nSPS) is 14.1. The topological polar surface area (TPSA) is 74.6 Å². The van der Waals surface area contributed by atoms with E-state index < -0.39 is 11.9 Å². The molecule has 0 fully saturated rings. The Morgan fingerprint density at radius 3 is 2.17 bits per heavy atom. The Hall–Kier alpha value is -2.36. The van der Waals surface area contributed by atoms with Gasteiger partial charge in [-0.15, -0.1) is 0 Å². The summed E-state index contributed by atoms with van der Waals surface area (Å²) in [6.45, 7) is 1.53. The predicted octanol–water partition coefficient (Wildman–Crippen LogP) is 2.60. The monoisotopic (exact) mass is 244 g/mol. The highest BCUT2D eigenvalue weighted by molar-refractivity contribution is 5.97. The summed E-state index contributed by atoms with van der Waals surface area (Å²) in [7, 11) is 0. The summed E-state index contributed by atoms with van der Waals surface area (Å²) in [6, 6.07) is 3.03. The van der Waals surface area contributed by atoms with Crippen molar-refractivity contribution in [3.05, 3.63) is 58.7 Å². The number of carboxylic acid groups (broad SMARTS) is 2. The molecule has 0 spiro atoms. The molecule has 1 aliphatic rings. The van der Waals surface area contributed by atoms with Crippen LogP contribution in [0.15, 0.2) is 36.4 Å². The number of allylic oxidation sites excluding steroid dienone is 4. The molecule has 0 aliphatic heterocycles. The van der Waals surface area contributed by atoms with E-state index in [-0.39, 0.29) is 17.0 Å². The molecule has 1 aromatic carbocycles. The van der Waals surface area contributed by atoms with Crippen molar-refractivity contribution in [1.82, 2.24) is 0 Å². The Bertz CT molecular complexity index is 570. The van der Waals surface area contributed by atoms with E-state index in [1.54, 1.807) is 6.07 Å². The van der Waals surface area contributed by atoms with Crippen molar-refractivity contribution in [1.29, 1.82) is 0 Å². The maximum Gasteiger partial charge on any atom is 0.336 e. The van der Waals surface area contributed by atoms with Crippen molar-refractivity contribution < 1.29 is 19.8 Å². The molecule has 0 aromatic heterocycles. The van der Waals surface area contributed by atoms with E-state index in [0.717, 1.165) is 0 Å². The molecule has 0 saturated carbocycles. The second-order valence-electron chi connectivity index (χ2n) is 4.11. The van der Waals surface area contributed by atoms with Crippen molar-refractivity contribution in [3.63, 3.8) is 0 Å².